The van der Waals surface area contributed by atoms with Crippen LogP contribution in [0.1, 0.15) is 72.6 Å². The lowest BCUT2D eigenvalue weighted by atomic mass is 10.0. The smallest absolute Gasteiger partial charge is 0.326 e. The van der Waals surface area contributed by atoms with Crippen LogP contribution in [0.4, 0.5) is 0 Å². The molecule has 0 rings (SSSR count). The highest BCUT2D eigenvalue weighted by Gasteiger charge is 2.27. The van der Waals surface area contributed by atoms with Gasteiger partial charge >= 0.3 is 5.97 Å². The number of amides is 1. The minimum Gasteiger partial charge on any atom is -0.480 e. The van der Waals surface area contributed by atoms with Crippen LogP contribution in [0.15, 0.2) is 0 Å². The van der Waals surface area contributed by atoms with Crippen molar-refractivity contribution in [3.8, 4) is 0 Å². The van der Waals surface area contributed by atoms with Crippen LogP contribution in [0.3, 0.4) is 0 Å². The molecule has 0 aliphatic heterocycles. The fourth-order valence-corrected chi connectivity index (χ4v) is 2.40. The van der Waals surface area contributed by atoms with Gasteiger partial charge in [-0.15, -0.1) is 0 Å². The molecule has 0 aliphatic carbocycles. The Bertz CT molecular complexity index is 289. The third-order valence-corrected chi connectivity index (χ3v) is 3.51. The maximum absolute atomic E-state index is 11.7. The van der Waals surface area contributed by atoms with Gasteiger partial charge in [0.25, 0.3) is 0 Å². The molecule has 0 saturated heterocycles. The fraction of sp³-hybridized carbons (Fsp3) is 0.875. The predicted octanol–water partition coefficient (Wildman–Crippen LogP) is 3.69. The lowest BCUT2D eigenvalue weighted by molar-refractivity contribution is -0.150. The van der Waals surface area contributed by atoms with Gasteiger partial charge in [0.05, 0.1) is 0 Å². The average Bonchev–Trinajstić information content (AvgIpc) is 2.35. The number of carboxylic acid groups (broad SMARTS) is 1. The quantitative estimate of drug-likeness (QED) is 0.589. The summed E-state index contributed by atoms with van der Waals surface area (Å²) in [6.45, 7) is 8.18. The highest BCUT2D eigenvalue weighted by Crippen LogP contribution is 2.14. The van der Waals surface area contributed by atoms with Crippen molar-refractivity contribution in [2.24, 2.45) is 5.92 Å². The Balaban J connectivity index is 4.31. The molecular weight excluding hydrogens is 254 g/mol. The van der Waals surface area contributed by atoms with Crippen LogP contribution in [0.2, 0.25) is 0 Å². The van der Waals surface area contributed by atoms with E-state index < -0.39 is 12.0 Å². The molecule has 0 unspecified atom stereocenters. The van der Waals surface area contributed by atoms with E-state index in [4.69, 9.17) is 0 Å². The monoisotopic (exact) mass is 285 g/mol. The first-order valence-corrected chi connectivity index (χ1v) is 7.90. The Labute approximate surface area is 123 Å². The zero-order valence-electron chi connectivity index (χ0n) is 13.5. The van der Waals surface area contributed by atoms with Crippen LogP contribution < -0.4 is 0 Å². The van der Waals surface area contributed by atoms with E-state index >= 15 is 0 Å². The van der Waals surface area contributed by atoms with E-state index in [0.717, 1.165) is 12.8 Å². The first-order valence-electron chi connectivity index (χ1n) is 7.90. The first-order chi connectivity index (χ1) is 9.40. The summed E-state index contributed by atoms with van der Waals surface area (Å²) in [5.41, 5.74) is 0. The summed E-state index contributed by atoms with van der Waals surface area (Å²) in [5.74, 6) is -0.756. The predicted molar refractivity (Wildman–Crippen MR) is 81.6 cm³/mol. The molecule has 0 aromatic carbocycles. The summed E-state index contributed by atoms with van der Waals surface area (Å²) in [6.07, 6.45) is 7.34. The summed E-state index contributed by atoms with van der Waals surface area (Å²) in [6, 6.07) is -0.678. The van der Waals surface area contributed by atoms with E-state index in [1.54, 1.807) is 0 Å². The molecule has 1 N–H and O–H groups in total. The van der Waals surface area contributed by atoms with Gasteiger partial charge in [-0.1, -0.05) is 52.9 Å². The van der Waals surface area contributed by atoms with Crippen LogP contribution in [0.25, 0.3) is 0 Å². The van der Waals surface area contributed by atoms with E-state index in [1.807, 2.05) is 13.8 Å². The van der Waals surface area contributed by atoms with Gasteiger partial charge in [-0.3, -0.25) is 4.79 Å². The number of aliphatic carboxylic acids is 1. The Hall–Kier alpha value is -1.06. The Morgan fingerprint density at radius 1 is 1.05 bits per heavy atom. The number of carbonyl (C=O) groups is 2. The van der Waals surface area contributed by atoms with Gasteiger partial charge in [-0.2, -0.15) is 0 Å². The molecule has 4 heteroatoms. The van der Waals surface area contributed by atoms with Gasteiger partial charge in [0.2, 0.25) is 5.91 Å². The fourth-order valence-electron chi connectivity index (χ4n) is 2.40. The van der Waals surface area contributed by atoms with Crippen molar-refractivity contribution in [1.29, 1.82) is 0 Å². The Kier molecular flexibility index (Phi) is 10.1. The van der Waals surface area contributed by atoms with Crippen LogP contribution in [0, 0.1) is 5.92 Å². The number of carboxylic acids is 1. The Morgan fingerprint density at radius 2 is 1.60 bits per heavy atom. The molecule has 0 spiro atoms. The van der Waals surface area contributed by atoms with Gasteiger partial charge in [-0.05, 0) is 18.8 Å². The summed E-state index contributed by atoms with van der Waals surface area (Å²) in [7, 11) is 0. The van der Waals surface area contributed by atoms with Crippen molar-refractivity contribution in [3.63, 3.8) is 0 Å². The van der Waals surface area contributed by atoms with Crippen molar-refractivity contribution in [3.05, 3.63) is 0 Å². The highest BCUT2D eigenvalue weighted by molar-refractivity contribution is 5.82. The maximum Gasteiger partial charge on any atom is 0.326 e. The number of rotatable bonds is 11. The van der Waals surface area contributed by atoms with Crippen molar-refractivity contribution < 1.29 is 14.7 Å². The molecule has 0 aromatic heterocycles. The standard InChI is InChI=1S/C16H31NO3/c1-5-6-7-8-9-10-11-17(14(4)18)15(16(19)20)12-13(2)3/h13,15H,5-12H2,1-4H3,(H,19,20)/t15-/m0/s1. The average molecular weight is 285 g/mol. The summed E-state index contributed by atoms with van der Waals surface area (Å²) < 4.78 is 0. The van der Waals surface area contributed by atoms with Crippen molar-refractivity contribution in [1.82, 2.24) is 4.90 Å². The lowest BCUT2D eigenvalue weighted by Crippen LogP contribution is -2.45. The van der Waals surface area contributed by atoms with Gasteiger partial charge in [-0.25, -0.2) is 4.79 Å². The third kappa shape index (κ3) is 8.18. The van der Waals surface area contributed by atoms with E-state index in [0.29, 0.717) is 13.0 Å². The second kappa shape index (κ2) is 10.7. The van der Waals surface area contributed by atoms with Crippen molar-refractivity contribution >= 4 is 11.9 Å². The molecule has 1 atom stereocenters. The summed E-state index contributed by atoms with van der Waals surface area (Å²) in [4.78, 5) is 24.6. The molecule has 0 aliphatic rings. The van der Waals surface area contributed by atoms with Gasteiger partial charge in [0.1, 0.15) is 6.04 Å². The van der Waals surface area contributed by atoms with E-state index in [1.165, 1.54) is 37.5 Å². The van der Waals surface area contributed by atoms with Crippen molar-refractivity contribution in [2.75, 3.05) is 6.54 Å². The van der Waals surface area contributed by atoms with Crippen LogP contribution in [0.5, 0.6) is 0 Å². The van der Waals surface area contributed by atoms with Gasteiger partial charge < -0.3 is 10.0 Å². The third-order valence-electron chi connectivity index (χ3n) is 3.51. The molecule has 118 valence electrons. The van der Waals surface area contributed by atoms with Crippen molar-refractivity contribution in [2.45, 2.75) is 78.7 Å². The number of hydrogen-bond donors (Lipinski definition) is 1. The molecule has 1 amide bonds. The zero-order chi connectivity index (χ0) is 15.5. The van der Waals surface area contributed by atoms with E-state index in [9.17, 15) is 14.7 Å². The Morgan fingerprint density at radius 3 is 2.05 bits per heavy atom. The largest absolute Gasteiger partial charge is 0.480 e. The molecule has 4 nitrogen and oxygen atoms in total. The maximum atomic E-state index is 11.7. The van der Waals surface area contributed by atoms with Crippen LogP contribution >= 0.6 is 0 Å². The van der Waals surface area contributed by atoms with Gasteiger partial charge in [0, 0.05) is 13.5 Å². The minimum atomic E-state index is -0.889. The molecule has 0 fully saturated rings. The zero-order valence-corrected chi connectivity index (χ0v) is 13.5. The van der Waals surface area contributed by atoms with E-state index in [2.05, 4.69) is 6.92 Å². The first kappa shape index (κ1) is 18.9. The molecule has 0 radical (unpaired) electrons. The molecule has 0 heterocycles. The summed E-state index contributed by atoms with van der Waals surface area (Å²) in [5, 5.41) is 9.32. The number of nitrogens with zero attached hydrogens (tertiary/aromatic N) is 1. The number of unbranched alkanes of at least 4 members (excludes halogenated alkanes) is 5. The lowest BCUT2D eigenvalue weighted by Gasteiger charge is -2.29. The molecule has 0 bridgehead atoms. The second-order valence-electron chi connectivity index (χ2n) is 5.96. The molecule has 0 aromatic rings. The number of hydrogen-bond acceptors (Lipinski definition) is 2. The normalized spacial score (nSPS) is 12.4. The summed E-state index contributed by atoms with van der Waals surface area (Å²) >= 11 is 0. The highest BCUT2D eigenvalue weighted by atomic mass is 16.4. The minimum absolute atomic E-state index is 0.133. The molecule has 0 saturated carbocycles. The topological polar surface area (TPSA) is 57.6 Å². The molecular formula is C16H31NO3. The van der Waals surface area contributed by atoms with Crippen LogP contribution in [-0.2, 0) is 9.59 Å². The van der Waals surface area contributed by atoms with E-state index in [-0.39, 0.29) is 11.8 Å². The van der Waals surface area contributed by atoms with Crippen LogP contribution in [-0.4, -0.2) is 34.5 Å². The number of carbonyl (C=O) groups excluding carboxylic acids is 1. The SMILES string of the molecule is CCCCCCCCN(C(C)=O)[C@@H](CC(C)C)C(=O)O. The molecule has 20 heavy (non-hydrogen) atoms. The second-order valence-corrected chi connectivity index (χ2v) is 5.96. The van der Waals surface area contributed by atoms with Gasteiger partial charge in [0.15, 0.2) is 0 Å².